The SMILES string of the molecule is CCCNc1c(C(=O)OCC)cnc2c(Cl)ccc(F)c12. The van der Waals surface area contributed by atoms with Gasteiger partial charge in [0.25, 0.3) is 0 Å². The molecular formula is C15H16ClFN2O2. The van der Waals surface area contributed by atoms with E-state index < -0.39 is 11.8 Å². The fourth-order valence-electron chi connectivity index (χ4n) is 2.03. The standard InChI is InChI=1S/C15H16ClFN2O2/c1-3-7-18-13-9(15(20)21-4-2)8-19-14-10(16)5-6-11(17)12(13)14/h5-6,8H,3-4,7H2,1-2H3,(H,18,19). The van der Waals surface area contributed by atoms with Crippen LogP contribution in [0.25, 0.3) is 10.9 Å². The number of nitrogens with one attached hydrogen (secondary N) is 1. The average molecular weight is 311 g/mol. The zero-order chi connectivity index (χ0) is 15.4. The Morgan fingerprint density at radius 3 is 2.86 bits per heavy atom. The van der Waals surface area contributed by atoms with Gasteiger partial charge in [0.1, 0.15) is 11.4 Å². The zero-order valence-electron chi connectivity index (χ0n) is 11.9. The molecule has 0 radical (unpaired) electrons. The van der Waals surface area contributed by atoms with E-state index in [2.05, 4.69) is 10.3 Å². The van der Waals surface area contributed by atoms with Crippen LogP contribution in [-0.2, 0) is 4.74 Å². The van der Waals surface area contributed by atoms with E-state index in [4.69, 9.17) is 16.3 Å². The van der Waals surface area contributed by atoms with Gasteiger partial charge < -0.3 is 10.1 Å². The van der Waals surface area contributed by atoms with Gasteiger partial charge in [0.05, 0.1) is 28.2 Å². The van der Waals surface area contributed by atoms with E-state index >= 15 is 0 Å². The normalized spacial score (nSPS) is 10.7. The third kappa shape index (κ3) is 3.08. The molecular weight excluding hydrogens is 295 g/mol. The lowest BCUT2D eigenvalue weighted by Gasteiger charge is -2.14. The van der Waals surface area contributed by atoms with E-state index in [-0.39, 0.29) is 17.6 Å². The molecule has 0 saturated heterocycles. The summed E-state index contributed by atoms with van der Waals surface area (Å²) in [5, 5.41) is 3.62. The fraction of sp³-hybridized carbons (Fsp3) is 0.333. The lowest BCUT2D eigenvalue weighted by atomic mass is 10.1. The number of hydrogen-bond donors (Lipinski definition) is 1. The van der Waals surface area contributed by atoms with Crippen molar-refractivity contribution in [1.82, 2.24) is 4.98 Å². The Labute approximate surface area is 127 Å². The average Bonchev–Trinajstić information content (AvgIpc) is 2.48. The van der Waals surface area contributed by atoms with Gasteiger partial charge in [-0.05, 0) is 25.5 Å². The van der Waals surface area contributed by atoms with Crippen molar-refractivity contribution in [2.45, 2.75) is 20.3 Å². The highest BCUT2D eigenvalue weighted by Gasteiger charge is 2.19. The van der Waals surface area contributed by atoms with Gasteiger partial charge in [-0.1, -0.05) is 18.5 Å². The second-order valence-electron chi connectivity index (χ2n) is 4.45. The Morgan fingerprint density at radius 1 is 1.43 bits per heavy atom. The number of carbonyl (C=O) groups excluding carboxylic acids is 1. The lowest BCUT2D eigenvalue weighted by molar-refractivity contribution is 0.0527. The van der Waals surface area contributed by atoms with Crippen LogP contribution in [0.5, 0.6) is 0 Å². The van der Waals surface area contributed by atoms with Gasteiger partial charge in [-0.25, -0.2) is 9.18 Å². The Kier molecular flexibility index (Phi) is 4.96. The van der Waals surface area contributed by atoms with Crippen molar-refractivity contribution in [3.05, 3.63) is 34.7 Å². The second kappa shape index (κ2) is 6.72. The van der Waals surface area contributed by atoms with E-state index in [0.717, 1.165) is 6.42 Å². The zero-order valence-corrected chi connectivity index (χ0v) is 12.6. The predicted octanol–water partition coefficient (Wildman–Crippen LogP) is 4.03. The predicted molar refractivity (Wildman–Crippen MR) is 81.4 cm³/mol. The lowest BCUT2D eigenvalue weighted by Crippen LogP contribution is -2.12. The van der Waals surface area contributed by atoms with Crippen molar-refractivity contribution in [2.24, 2.45) is 0 Å². The molecule has 4 nitrogen and oxygen atoms in total. The molecule has 0 atom stereocenters. The van der Waals surface area contributed by atoms with Crippen LogP contribution in [0.2, 0.25) is 5.02 Å². The number of anilines is 1. The Morgan fingerprint density at radius 2 is 2.19 bits per heavy atom. The quantitative estimate of drug-likeness (QED) is 0.847. The molecule has 0 spiro atoms. The van der Waals surface area contributed by atoms with Gasteiger partial charge in [-0.15, -0.1) is 0 Å². The van der Waals surface area contributed by atoms with Crippen LogP contribution in [-0.4, -0.2) is 24.1 Å². The Bertz CT molecular complexity index is 676. The van der Waals surface area contributed by atoms with E-state index in [1.807, 2.05) is 6.92 Å². The van der Waals surface area contributed by atoms with Crippen LogP contribution in [0.15, 0.2) is 18.3 Å². The number of ether oxygens (including phenoxy) is 1. The van der Waals surface area contributed by atoms with Crippen molar-refractivity contribution in [3.63, 3.8) is 0 Å². The number of esters is 1. The smallest absolute Gasteiger partial charge is 0.341 e. The first kappa shape index (κ1) is 15.5. The number of benzene rings is 1. The summed E-state index contributed by atoms with van der Waals surface area (Å²) in [6.45, 7) is 4.52. The van der Waals surface area contributed by atoms with Gasteiger partial charge in [0.2, 0.25) is 0 Å². The maximum absolute atomic E-state index is 14.2. The van der Waals surface area contributed by atoms with Gasteiger partial charge in [0, 0.05) is 12.7 Å². The summed E-state index contributed by atoms with van der Waals surface area (Å²) < 4.78 is 19.2. The molecule has 21 heavy (non-hydrogen) atoms. The molecule has 0 bridgehead atoms. The molecule has 0 aliphatic rings. The fourth-order valence-corrected chi connectivity index (χ4v) is 2.24. The first-order valence-corrected chi connectivity index (χ1v) is 7.15. The molecule has 2 aromatic rings. The molecule has 6 heteroatoms. The van der Waals surface area contributed by atoms with Crippen LogP contribution in [0, 0.1) is 5.82 Å². The van der Waals surface area contributed by atoms with Crippen LogP contribution < -0.4 is 5.32 Å². The molecule has 1 heterocycles. The molecule has 0 saturated carbocycles. The minimum absolute atomic E-state index is 0.207. The number of hydrogen-bond acceptors (Lipinski definition) is 4. The molecule has 0 fully saturated rings. The van der Waals surface area contributed by atoms with Crippen molar-refractivity contribution >= 4 is 34.2 Å². The van der Waals surface area contributed by atoms with Crippen molar-refractivity contribution in [3.8, 4) is 0 Å². The minimum Gasteiger partial charge on any atom is -0.462 e. The first-order valence-electron chi connectivity index (χ1n) is 6.77. The van der Waals surface area contributed by atoms with Crippen molar-refractivity contribution in [2.75, 3.05) is 18.5 Å². The summed E-state index contributed by atoms with van der Waals surface area (Å²) in [5.41, 5.74) is 0.905. The Hall–Kier alpha value is -1.88. The molecule has 0 aliphatic heterocycles. The number of nitrogens with zero attached hydrogens (tertiary/aromatic N) is 1. The van der Waals surface area contributed by atoms with Gasteiger partial charge in [-0.3, -0.25) is 4.98 Å². The molecule has 1 N–H and O–H groups in total. The van der Waals surface area contributed by atoms with E-state index in [9.17, 15) is 9.18 Å². The highest BCUT2D eigenvalue weighted by atomic mass is 35.5. The third-order valence-electron chi connectivity index (χ3n) is 2.97. The topological polar surface area (TPSA) is 51.2 Å². The summed E-state index contributed by atoms with van der Waals surface area (Å²) in [6, 6.07) is 2.71. The second-order valence-corrected chi connectivity index (χ2v) is 4.85. The van der Waals surface area contributed by atoms with Crippen LogP contribution in [0.3, 0.4) is 0 Å². The summed E-state index contributed by atoms with van der Waals surface area (Å²) in [5.74, 6) is -1.02. The highest BCUT2D eigenvalue weighted by molar-refractivity contribution is 6.35. The van der Waals surface area contributed by atoms with E-state index in [0.29, 0.717) is 22.8 Å². The molecule has 0 aliphatic carbocycles. The van der Waals surface area contributed by atoms with Crippen molar-refractivity contribution in [1.29, 1.82) is 0 Å². The van der Waals surface area contributed by atoms with Gasteiger partial charge >= 0.3 is 5.97 Å². The molecule has 1 aromatic carbocycles. The number of halogens is 2. The molecule has 1 aromatic heterocycles. The van der Waals surface area contributed by atoms with Crippen LogP contribution in [0.4, 0.5) is 10.1 Å². The monoisotopic (exact) mass is 310 g/mol. The number of fused-ring (bicyclic) bond motifs is 1. The van der Waals surface area contributed by atoms with E-state index in [1.165, 1.54) is 18.3 Å². The molecule has 0 unspecified atom stereocenters. The molecule has 2 rings (SSSR count). The van der Waals surface area contributed by atoms with Gasteiger partial charge in [0.15, 0.2) is 0 Å². The highest BCUT2D eigenvalue weighted by Crippen LogP contribution is 2.32. The minimum atomic E-state index is -0.537. The largest absolute Gasteiger partial charge is 0.462 e. The van der Waals surface area contributed by atoms with Gasteiger partial charge in [-0.2, -0.15) is 0 Å². The summed E-state index contributed by atoms with van der Waals surface area (Å²) in [6.07, 6.45) is 2.19. The Balaban J connectivity index is 2.69. The molecule has 112 valence electrons. The van der Waals surface area contributed by atoms with E-state index in [1.54, 1.807) is 6.92 Å². The maximum Gasteiger partial charge on any atom is 0.341 e. The maximum atomic E-state index is 14.2. The van der Waals surface area contributed by atoms with Crippen molar-refractivity contribution < 1.29 is 13.9 Å². The summed E-state index contributed by atoms with van der Waals surface area (Å²) >= 11 is 6.05. The summed E-state index contributed by atoms with van der Waals surface area (Å²) in [4.78, 5) is 16.1. The van der Waals surface area contributed by atoms with Crippen LogP contribution >= 0.6 is 11.6 Å². The number of carbonyl (C=O) groups is 1. The third-order valence-corrected chi connectivity index (χ3v) is 3.27. The number of aromatic nitrogens is 1. The van der Waals surface area contributed by atoms with Crippen LogP contribution in [0.1, 0.15) is 30.6 Å². The first-order chi connectivity index (χ1) is 10.1. The summed E-state index contributed by atoms with van der Waals surface area (Å²) in [7, 11) is 0. The molecule has 0 amide bonds. The number of rotatable bonds is 5. The number of pyridine rings is 1.